The van der Waals surface area contributed by atoms with Crippen LogP contribution in [0.25, 0.3) is 0 Å². The van der Waals surface area contributed by atoms with Gasteiger partial charge in [0, 0.05) is 5.56 Å². The third-order valence-corrected chi connectivity index (χ3v) is 4.11. The number of phenolic OH excluding ortho intramolecular Hbond substituents is 1. The summed E-state index contributed by atoms with van der Waals surface area (Å²) in [4.78, 5) is 14.2. The van der Waals surface area contributed by atoms with Gasteiger partial charge in [0.15, 0.2) is 17.5 Å². The number of anilines is 1. The van der Waals surface area contributed by atoms with Gasteiger partial charge in [-0.2, -0.15) is 5.26 Å². The monoisotopic (exact) mass is 340 g/mol. The number of carbonyl (C=O) groups is 1. The first-order chi connectivity index (χ1) is 12.1. The smallest absolute Gasteiger partial charge is 0.260 e. The molecule has 7 nitrogen and oxygen atoms in total. The van der Waals surface area contributed by atoms with Crippen LogP contribution >= 0.6 is 0 Å². The summed E-state index contributed by atoms with van der Waals surface area (Å²) in [7, 11) is 4.33. The minimum Gasteiger partial charge on any atom is -0.506 e. The number of carbonyl (C=O) groups excluding carboxylic acids is 1. The third-order valence-electron chi connectivity index (χ3n) is 4.11. The fourth-order valence-corrected chi connectivity index (χ4v) is 3.04. The lowest BCUT2D eigenvalue weighted by Gasteiger charge is -2.21. The largest absolute Gasteiger partial charge is 0.506 e. The SMILES string of the molecule is COc1cc2c(c(OC)c1OC)C(C#N)N(c1ccccc1O)C2=O. The summed E-state index contributed by atoms with van der Waals surface area (Å²) in [5, 5.41) is 19.8. The fourth-order valence-electron chi connectivity index (χ4n) is 3.04. The van der Waals surface area contributed by atoms with Gasteiger partial charge in [-0.05, 0) is 18.2 Å². The summed E-state index contributed by atoms with van der Waals surface area (Å²) in [5.41, 5.74) is 0.899. The van der Waals surface area contributed by atoms with Crippen molar-refractivity contribution < 1.29 is 24.1 Å². The molecule has 1 unspecified atom stereocenters. The van der Waals surface area contributed by atoms with Crippen molar-refractivity contribution >= 4 is 11.6 Å². The maximum Gasteiger partial charge on any atom is 0.260 e. The van der Waals surface area contributed by atoms with E-state index in [1.165, 1.54) is 38.4 Å². The van der Waals surface area contributed by atoms with Crippen LogP contribution in [0.5, 0.6) is 23.0 Å². The van der Waals surface area contributed by atoms with Crippen molar-refractivity contribution in [2.45, 2.75) is 6.04 Å². The number of benzene rings is 2. The zero-order valence-electron chi connectivity index (χ0n) is 13.9. The molecule has 0 saturated heterocycles. The van der Waals surface area contributed by atoms with Crippen molar-refractivity contribution in [2.75, 3.05) is 26.2 Å². The van der Waals surface area contributed by atoms with Crippen molar-refractivity contribution in [3.8, 4) is 29.1 Å². The average Bonchev–Trinajstić information content (AvgIpc) is 2.92. The van der Waals surface area contributed by atoms with Crippen LogP contribution in [0.15, 0.2) is 30.3 Å². The van der Waals surface area contributed by atoms with Gasteiger partial charge in [-0.15, -0.1) is 0 Å². The van der Waals surface area contributed by atoms with E-state index in [1.807, 2.05) is 0 Å². The second-order valence-electron chi connectivity index (χ2n) is 5.30. The third kappa shape index (κ3) is 2.31. The first kappa shape index (κ1) is 16.5. The molecule has 1 amide bonds. The Morgan fingerprint density at radius 3 is 2.36 bits per heavy atom. The molecule has 1 N–H and O–H groups in total. The molecule has 1 aliphatic heterocycles. The van der Waals surface area contributed by atoms with Gasteiger partial charge < -0.3 is 19.3 Å². The van der Waals surface area contributed by atoms with Gasteiger partial charge in [0.2, 0.25) is 5.75 Å². The normalized spacial score (nSPS) is 15.5. The van der Waals surface area contributed by atoms with Crippen LogP contribution in [0.3, 0.4) is 0 Å². The van der Waals surface area contributed by atoms with E-state index in [0.29, 0.717) is 17.1 Å². The molecule has 1 aliphatic rings. The van der Waals surface area contributed by atoms with E-state index in [-0.39, 0.29) is 22.7 Å². The van der Waals surface area contributed by atoms with Crippen LogP contribution in [-0.4, -0.2) is 32.3 Å². The Balaban J connectivity index is 2.28. The van der Waals surface area contributed by atoms with Crippen LogP contribution in [0.4, 0.5) is 5.69 Å². The molecule has 1 heterocycles. The molecule has 0 aliphatic carbocycles. The van der Waals surface area contributed by atoms with E-state index < -0.39 is 11.9 Å². The molecular weight excluding hydrogens is 324 g/mol. The summed E-state index contributed by atoms with van der Waals surface area (Å²) in [6, 6.07) is 9.01. The molecule has 7 heteroatoms. The summed E-state index contributed by atoms with van der Waals surface area (Å²) in [5.74, 6) is 0.358. The molecule has 3 rings (SSSR count). The zero-order valence-corrected chi connectivity index (χ0v) is 13.9. The van der Waals surface area contributed by atoms with Gasteiger partial charge in [-0.1, -0.05) is 12.1 Å². The van der Waals surface area contributed by atoms with Gasteiger partial charge in [0.05, 0.1) is 38.6 Å². The number of para-hydroxylation sites is 2. The summed E-state index contributed by atoms with van der Waals surface area (Å²) in [6.07, 6.45) is 0. The quantitative estimate of drug-likeness (QED) is 0.920. The first-order valence-corrected chi connectivity index (χ1v) is 7.43. The Labute approximate surface area is 144 Å². The highest BCUT2D eigenvalue weighted by Gasteiger charge is 2.43. The molecule has 25 heavy (non-hydrogen) atoms. The molecule has 2 aromatic carbocycles. The lowest BCUT2D eigenvalue weighted by molar-refractivity contribution is 0.0993. The maximum atomic E-state index is 13.0. The highest BCUT2D eigenvalue weighted by atomic mass is 16.5. The number of nitrogens with zero attached hydrogens (tertiary/aromatic N) is 2. The van der Waals surface area contributed by atoms with Crippen LogP contribution in [0, 0.1) is 11.3 Å². The molecule has 0 aromatic heterocycles. The average molecular weight is 340 g/mol. The second-order valence-corrected chi connectivity index (χ2v) is 5.30. The molecule has 0 saturated carbocycles. The molecule has 0 spiro atoms. The predicted octanol–water partition coefficient (Wildman–Crippen LogP) is 2.64. The fraction of sp³-hybridized carbons (Fsp3) is 0.222. The van der Waals surface area contributed by atoms with Gasteiger partial charge in [0.1, 0.15) is 5.75 Å². The number of aromatic hydroxyl groups is 1. The first-order valence-electron chi connectivity index (χ1n) is 7.43. The number of nitriles is 1. The Morgan fingerprint density at radius 1 is 1.12 bits per heavy atom. The van der Waals surface area contributed by atoms with E-state index in [1.54, 1.807) is 18.2 Å². The van der Waals surface area contributed by atoms with E-state index in [4.69, 9.17) is 14.2 Å². The van der Waals surface area contributed by atoms with E-state index >= 15 is 0 Å². The number of ether oxygens (including phenoxy) is 3. The van der Waals surface area contributed by atoms with Crippen molar-refractivity contribution in [3.05, 3.63) is 41.5 Å². The zero-order chi connectivity index (χ0) is 18.1. The molecule has 0 bridgehead atoms. The van der Waals surface area contributed by atoms with Gasteiger partial charge in [-0.3, -0.25) is 9.69 Å². The molecule has 128 valence electrons. The number of amides is 1. The van der Waals surface area contributed by atoms with Crippen molar-refractivity contribution in [3.63, 3.8) is 0 Å². The van der Waals surface area contributed by atoms with Crippen molar-refractivity contribution in [2.24, 2.45) is 0 Å². The predicted molar refractivity (Wildman–Crippen MR) is 89.4 cm³/mol. The molecule has 0 radical (unpaired) electrons. The van der Waals surface area contributed by atoms with Crippen molar-refractivity contribution in [1.29, 1.82) is 5.26 Å². The standard InChI is InChI=1S/C18H16N2O5/c1-23-14-8-10-15(17(25-3)16(14)24-2)12(9-19)20(18(10)22)11-6-4-5-7-13(11)21/h4-8,12,21H,1-3H3. The number of fused-ring (bicyclic) bond motifs is 1. The second kappa shape index (κ2) is 6.24. The number of phenols is 1. The number of rotatable bonds is 4. The topological polar surface area (TPSA) is 92.0 Å². The van der Waals surface area contributed by atoms with E-state index in [9.17, 15) is 15.2 Å². The summed E-state index contributed by atoms with van der Waals surface area (Å²) in [6.45, 7) is 0. The van der Waals surface area contributed by atoms with Crippen LogP contribution in [0.1, 0.15) is 22.0 Å². The van der Waals surface area contributed by atoms with Gasteiger partial charge in [0.25, 0.3) is 5.91 Å². The Kier molecular flexibility index (Phi) is 4.11. The van der Waals surface area contributed by atoms with Gasteiger partial charge >= 0.3 is 0 Å². The van der Waals surface area contributed by atoms with Crippen LogP contribution < -0.4 is 19.1 Å². The highest BCUT2D eigenvalue weighted by Crippen LogP contribution is 2.51. The Hall–Kier alpha value is -3.40. The lowest BCUT2D eigenvalue weighted by Crippen LogP contribution is -2.27. The highest BCUT2D eigenvalue weighted by molar-refractivity contribution is 6.13. The number of hydrogen-bond donors (Lipinski definition) is 1. The Morgan fingerprint density at radius 2 is 1.80 bits per heavy atom. The molecular formula is C18H16N2O5. The number of methoxy groups -OCH3 is 3. The van der Waals surface area contributed by atoms with E-state index in [0.717, 1.165) is 0 Å². The van der Waals surface area contributed by atoms with Gasteiger partial charge in [-0.25, -0.2) is 0 Å². The minimum atomic E-state index is -0.967. The summed E-state index contributed by atoms with van der Waals surface area (Å²) >= 11 is 0. The van der Waals surface area contributed by atoms with E-state index in [2.05, 4.69) is 6.07 Å². The lowest BCUT2D eigenvalue weighted by atomic mass is 10.0. The van der Waals surface area contributed by atoms with Crippen LogP contribution in [0.2, 0.25) is 0 Å². The molecule has 2 aromatic rings. The van der Waals surface area contributed by atoms with Crippen LogP contribution in [-0.2, 0) is 0 Å². The molecule has 1 atom stereocenters. The van der Waals surface area contributed by atoms with Crippen molar-refractivity contribution in [1.82, 2.24) is 0 Å². The number of hydrogen-bond acceptors (Lipinski definition) is 6. The molecule has 0 fully saturated rings. The Bertz CT molecular complexity index is 888. The minimum absolute atomic E-state index is 0.0956. The summed E-state index contributed by atoms with van der Waals surface area (Å²) < 4.78 is 16.0. The maximum absolute atomic E-state index is 13.0.